The van der Waals surface area contributed by atoms with Gasteiger partial charge in [-0.15, -0.1) is 24.0 Å². The lowest BCUT2D eigenvalue weighted by Gasteiger charge is -2.16. The van der Waals surface area contributed by atoms with Crippen molar-refractivity contribution in [1.82, 2.24) is 4.90 Å². The smallest absolute Gasteiger partial charge is 0.119 e. The Hall–Kier alpha value is -0.510. The predicted octanol–water partition coefficient (Wildman–Crippen LogP) is 3.66. The Morgan fingerprint density at radius 3 is 2.68 bits per heavy atom. The molecule has 0 aromatic heterocycles. The molecule has 0 bridgehead atoms. The molecule has 1 heterocycles. The summed E-state index contributed by atoms with van der Waals surface area (Å²) in [6, 6.07) is 7.89. The first-order chi connectivity index (χ1) is 8.81. The van der Waals surface area contributed by atoms with Gasteiger partial charge in [0.15, 0.2) is 0 Å². The Bertz CT molecular complexity index is 361. The molecule has 1 aliphatic heterocycles. The molecule has 108 valence electrons. The van der Waals surface area contributed by atoms with Crippen molar-refractivity contribution < 1.29 is 9.13 Å². The van der Waals surface area contributed by atoms with Crippen LogP contribution in [-0.4, -0.2) is 37.3 Å². The average Bonchev–Trinajstić information content (AvgIpc) is 2.85. The van der Waals surface area contributed by atoms with Gasteiger partial charge in [0.25, 0.3) is 0 Å². The van der Waals surface area contributed by atoms with Crippen LogP contribution in [0.5, 0.6) is 5.75 Å². The highest BCUT2D eigenvalue weighted by Crippen LogP contribution is 2.19. The number of nitrogens with zero attached hydrogens (tertiary/aromatic N) is 1. The molecule has 2 rings (SSSR count). The van der Waals surface area contributed by atoms with Gasteiger partial charge in [-0.1, -0.05) is 12.1 Å². The van der Waals surface area contributed by atoms with Gasteiger partial charge in [-0.25, -0.2) is 0 Å². The molecule has 1 aromatic rings. The van der Waals surface area contributed by atoms with Crippen LogP contribution in [0.4, 0.5) is 4.39 Å². The maximum Gasteiger partial charge on any atom is 0.119 e. The molecule has 2 nitrogen and oxygen atoms in total. The summed E-state index contributed by atoms with van der Waals surface area (Å²) in [6.45, 7) is 2.51. The van der Waals surface area contributed by atoms with Gasteiger partial charge in [0.2, 0.25) is 0 Å². The van der Waals surface area contributed by atoms with Crippen molar-refractivity contribution in [3.8, 4) is 5.75 Å². The lowest BCUT2D eigenvalue weighted by Crippen LogP contribution is -2.26. The number of likely N-dealkylation sites (tertiary alicyclic amines) is 1. The third kappa shape index (κ3) is 5.17. The van der Waals surface area contributed by atoms with Crippen molar-refractivity contribution in [2.24, 2.45) is 0 Å². The largest absolute Gasteiger partial charge is 0.489 e. The SMILES string of the molecule is Cl.FCCCN1CC[C@@H](Oc2ccc(CCl)cc2)C1. The van der Waals surface area contributed by atoms with Crippen molar-refractivity contribution in [3.05, 3.63) is 29.8 Å². The van der Waals surface area contributed by atoms with Crippen LogP contribution in [0.25, 0.3) is 0 Å². The first-order valence-corrected chi connectivity index (χ1v) is 6.95. The van der Waals surface area contributed by atoms with E-state index in [2.05, 4.69) is 4.90 Å². The fourth-order valence-electron chi connectivity index (χ4n) is 2.23. The molecule has 1 fully saturated rings. The summed E-state index contributed by atoms with van der Waals surface area (Å²) in [5, 5.41) is 0. The molecule has 0 radical (unpaired) electrons. The summed E-state index contributed by atoms with van der Waals surface area (Å²) in [4.78, 5) is 2.26. The van der Waals surface area contributed by atoms with E-state index in [1.807, 2.05) is 24.3 Å². The molecule has 5 heteroatoms. The minimum Gasteiger partial charge on any atom is -0.489 e. The first-order valence-electron chi connectivity index (χ1n) is 6.41. The number of alkyl halides is 2. The number of hydrogen-bond donors (Lipinski definition) is 0. The van der Waals surface area contributed by atoms with Gasteiger partial charge >= 0.3 is 0 Å². The van der Waals surface area contributed by atoms with E-state index in [-0.39, 0.29) is 25.2 Å². The van der Waals surface area contributed by atoms with Gasteiger partial charge in [-0.3, -0.25) is 9.29 Å². The normalized spacial score (nSPS) is 19.2. The zero-order chi connectivity index (χ0) is 12.8. The molecule has 0 spiro atoms. The van der Waals surface area contributed by atoms with E-state index in [0.29, 0.717) is 12.3 Å². The summed E-state index contributed by atoms with van der Waals surface area (Å²) in [7, 11) is 0. The highest BCUT2D eigenvalue weighted by molar-refractivity contribution is 6.17. The number of halogens is 3. The molecule has 1 saturated heterocycles. The molecule has 0 N–H and O–H groups in total. The second kappa shape index (κ2) is 8.62. The quantitative estimate of drug-likeness (QED) is 0.744. The Balaban J connectivity index is 0.00000180. The summed E-state index contributed by atoms with van der Waals surface area (Å²) in [5.41, 5.74) is 1.10. The van der Waals surface area contributed by atoms with Crippen LogP contribution < -0.4 is 4.74 Å². The van der Waals surface area contributed by atoms with Crippen LogP contribution >= 0.6 is 24.0 Å². The molecule has 0 aliphatic carbocycles. The van der Waals surface area contributed by atoms with E-state index >= 15 is 0 Å². The Kier molecular flexibility index (Phi) is 7.51. The van der Waals surface area contributed by atoms with E-state index < -0.39 is 0 Å². The average molecular weight is 308 g/mol. The Labute approximate surface area is 125 Å². The Morgan fingerprint density at radius 1 is 1.32 bits per heavy atom. The van der Waals surface area contributed by atoms with Crippen LogP contribution in [0.1, 0.15) is 18.4 Å². The molecule has 1 aromatic carbocycles. The standard InChI is InChI=1S/C14H19ClFNO.ClH/c15-10-12-2-4-13(5-3-12)18-14-6-9-17(11-14)8-1-7-16;/h2-5,14H,1,6-11H2;1H/t14-;/m1./s1. The number of benzene rings is 1. The van der Waals surface area contributed by atoms with Crippen molar-refractivity contribution >= 4 is 24.0 Å². The molecule has 1 aliphatic rings. The van der Waals surface area contributed by atoms with E-state index in [0.717, 1.165) is 37.4 Å². The highest BCUT2D eigenvalue weighted by Gasteiger charge is 2.23. The minimum atomic E-state index is -0.234. The fourth-order valence-corrected chi connectivity index (χ4v) is 2.41. The van der Waals surface area contributed by atoms with Gasteiger partial charge in [0.05, 0.1) is 6.67 Å². The molecular formula is C14H20Cl2FNO. The third-order valence-electron chi connectivity index (χ3n) is 3.22. The summed E-state index contributed by atoms with van der Waals surface area (Å²) in [6.07, 6.45) is 1.87. The van der Waals surface area contributed by atoms with Crippen LogP contribution in [0.2, 0.25) is 0 Å². The van der Waals surface area contributed by atoms with Crippen molar-refractivity contribution in [2.45, 2.75) is 24.8 Å². The minimum absolute atomic E-state index is 0. The van der Waals surface area contributed by atoms with Crippen molar-refractivity contribution in [3.63, 3.8) is 0 Å². The topological polar surface area (TPSA) is 12.5 Å². The van der Waals surface area contributed by atoms with Gasteiger partial charge < -0.3 is 4.74 Å². The molecule has 0 unspecified atom stereocenters. The van der Waals surface area contributed by atoms with Gasteiger partial charge in [-0.2, -0.15) is 0 Å². The zero-order valence-corrected chi connectivity index (χ0v) is 12.4. The maximum absolute atomic E-state index is 12.1. The highest BCUT2D eigenvalue weighted by atomic mass is 35.5. The third-order valence-corrected chi connectivity index (χ3v) is 3.53. The van der Waals surface area contributed by atoms with Crippen LogP contribution in [0.15, 0.2) is 24.3 Å². The van der Waals surface area contributed by atoms with E-state index in [1.165, 1.54) is 0 Å². The monoisotopic (exact) mass is 307 g/mol. The van der Waals surface area contributed by atoms with Crippen LogP contribution in [0.3, 0.4) is 0 Å². The van der Waals surface area contributed by atoms with Crippen LogP contribution in [0, 0.1) is 0 Å². The van der Waals surface area contributed by atoms with Crippen molar-refractivity contribution in [1.29, 1.82) is 0 Å². The molecule has 1 atom stereocenters. The van der Waals surface area contributed by atoms with Gasteiger partial charge in [0.1, 0.15) is 11.9 Å². The molecule has 0 amide bonds. The predicted molar refractivity (Wildman–Crippen MR) is 79.3 cm³/mol. The number of rotatable bonds is 6. The van der Waals surface area contributed by atoms with Crippen molar-refractivity contribution in [2.75, 3.05) is 26.3 Å². The fraction of sp³-hybridized carbons (Fsp3) is 0.571. The second-order valence-corrected chi connectivity index (χ2v) is 4.92. The summed E-state index contributed by atoms with van der Waals surface area (Å²) in [5.74, 6) is 1.42. The number of ether oxygens (including phenoxy) is 1. The molecule has 19 heavy (non-hydrogen) atoms. The van der Waals surface area contributed by atoms with Gasteiger partial charge in [0, 0.05) is 25.5 Å². The lowest BCUT2D eigenvalue weighted by molar-refractivity contribution is 0.198. The zero-order valence-electron chi connectivity index (χ0n) is 10.9. The summed E-state index contributed by atoms with van der Waals surface area (Å²) >= 11 is 5.74. The first kappa shape index (κ1) is 16.5. The lowest BCUT2D eigenvalue weighted by atomic mass is 10.2. The molecular weight excluding hydrogens is 288 g/mol. The Morgan fingerprint density at radius 2 is 2.05 bits per heavy atom. The van der Waals surface area contributed by atoms with E-state index in [4.69, 9.17) is 16.3 Å². The van der Waals surface area contributed by atoms with E-state index in [1.54, 1.807) is 0 Å². The molecule has 0 saturated carbocycles. The van der Waals surface area contributed by atoms with Gasteiger partial charge in [-0.05, 0) is 30.5 Å². The summed E-state index contributed by atoms with van der Waals surface area (Å²) < 4.78 is 18.0. The van der Waals surface area contributed by atoms with E-state index in [9.17, 15) is 4.39 Å². The second-order valence-electron chi connectivity index (χ2n) is 4.65. The van der Waals surface area contributed by atoms with Crippen LogP contribution in [-0.2, 0) is 5.88 Å². The number of hydrogen-bond acceptors (Lipinski definition) is 2. The maximum atomic E-state index is 12.1.